The summed E-state index contributed by atoms with van der Waals surface area (Å²) in [7, 11) is -0.202. The average molecular weight is 515 g/mol. The molecule has 3 aromatic rings. The van der Waals surface area contributed by atoms with Gasteiger partial charge in [0.2, 0.25) is 10.0 Å². The monoisotopic (exact) mass is 514 g/mol. The van der Waals surface area contributed by atoms with Gasteiger partial charge in [-0.25, -0.2) is 13.1 Å². The number of halogens is 1. The summed E-state index contributed by atoms with van der Waals surface area (Å²) in [6, 6.07) is 11.7. The molecule has 33 heavy (non-hydrogen) atoms. The van der Waals surface area contributed by atoms with Crippen molar-refractivity contribution in [3.63, 3.8) is 0 Å². The second kappa shape index (κ2) is 12.6. The van der Waals surface area contributed by atoms with Gasteiger partial charge in [0.25, 0.3) is 0 Å². The Labute approximate surface area is 208 Å². The van der Waals surface area contributed by atoms with Gasteiger partial charge in [-0.2, -0.15) is 0 Å². The third-order valence-electron chi connectivity index (χ3n) is 5.48. The summed E-state index contributed by atoms with van der Waals surface area (Å²) < 4.78 is 40.0. The quantitative estimate of drug-likeness (QED) is 0.411. The summed E-state index contributed by atoms with van der Waals surface area (Å²) in [4.78, 5) is 2.72. The van der Waals surface area contributed by atoms with Crippen LogP contribution in [-0.4, -0.2) is 47.2 Å². The lowest BCUT2D eigenvalue weighted by Crippen LogP contribution is -2.33. The molecule has 0 aliphatic carbocycles. The smallest absolute Gasteiger partial charge is 0.242 e. The molecular formula is C24H35ClN2O4S2. The maximum atomic E-state index is 12.7. The van der Waals surface area contributed by atoms with Crippen molar-refractivity contribution in [1.82, 2.24) is 9.62 Å². The Morgan fingerprint density at radius 1 is 1.09 bits per heavy atom. The molecule has 0 atom stereocenters. The first-order valence-corrected chi connectivity index (χ1v) is 13.3. The van der Waals surface area contributed by atoms with Crippen LogP contribution in [0, 0.1) is 0 Å². The fourth-order valence-electron chi connectivity index (χ4n) is 3.88. The van der Waals surface area contributed by atoms with Crippen molar-refractivity contribution in [3.05, 3.63) is 52.9 Å². The molecule has 0 spiro atoms. The maximum absolute atomic E-state index is 12.7. The van der Waals surface area contributed by atoms with E-state index in [2.05, 4.69) is 15.7 Å². The molecular weight excluding hydrogens is 480 g/mol. The molecule has 1 aromatic heterocycles. The molecule has 9 heteroatoms. The van der Waals surface area contributed by atoms with Crippen molar-refractivity contribution in [2.75, 3.05) is 33.9 Å². The van der Waals surface area contributed by atoms with Crippen LogP contribution in [0.1, 0.15) is 32.8 Å². The van der Waals surface area contributed by atoms with Gasteiger partial charge in [-0.3, -0.25) is 4.90 Å². The third kappa shape index (κ3) is 6.39. The Hall–Kier alpha value is -1.84. The van der Waals surface area contributed by atoms with Crippen molar-refractivity contribution in [2.45, 2.75) is 38.1 Å². The van der Waals surface area contributed by atoms with Gasteiger partial charge >= 0.3 is 0 Å². The number of benzene rings is 2. The van der Waals surface area contributed by atoms with Gasteiger partial charge in [-0.1, -0.05) is 32.0 Å². The molecule has 0 unspecified atom stereocenters. The van der Waals surface area contributed by atoms with Crippen molar-refractivity contribution in [3.8, 4) is 11.5 Å². The molecule has 1 N–H and O–H groups in total. The van der Waals surface area contributed by atoms with Crippen molar-refractivity contribution < 1.29 is 19.3 Å². The molecule has 0 radical (unpaired) electrons. The molecule has 2 heterocycles. The minimum Gasteiger partial charge on any atom is -0.493 e. The van der Waals surface area contributed by atoms with E-state index in [0.29, 0.717) is 11.4 Å². The summed E-state index contributed by atoms with van der Waals surface area (Å²) in [5, 5.41) is 2.50. The average Bonchev–Trinajstić information content (AvgIpc) is 3.27. The minimum absolute atomic E-state index is 0. The Bertz CT molecular complexity index is 1160. The molecule has 184 valence electrons. The van der Waals surface area contributed by atoms with E-state index in [4.69, 9.17) is 9.47 Å². The largest absolute Gasteiger partial charge is 0.493 e. The number of methoxy groups -OCH3 is 2. The van der Waals surface area contributed by atoms with Crippen molar-refractivity contribution >= 4 is 43.9 Å². The van der Waals surface area contributed by atoms with Crippen LogP contribution in [0.4, 0.5) is 0 Å². The van der Waals surface area contributed by atoms with Crippen molar-refractivity contribution in [1.29, 1.82) is 0 Å². The summed E-state index contributed by atoms with van der Waals surface area (Å²) in [6.45, 7) is 7.03. The zero-order chi connectivity index (χ0) is 23.1. The Kier molecular flexibility index (Phi) is 10.4. The second-order valence-corrected chi connectivity index (χ2v) is 10.00. The molecule has 0 bridgehead atoms. The number of sulfonamides is 1. The van der Waals surface area contributed by atoms with Gasteiger partial charge in [0.05, 0.1) is 14.2 Å². The predicted octanol–water partition coefficient (Wildman–Crippen LogP) is 5.34. The van der Waals surface area contributed by atoms with Crippen LogP contribution in [0.5, 0.6) is 11.5 Å². The molecule has 0 amide bonds. The lowest BCUT2D eigenvalue weighted by atomic mass is 9.98. The first-order valence-electron chi connectivity index (χ1n) is 10.9. The number of hydrogen-bond acceptors (Lipinski definition) is 6. The lowest BCUT2D eigenvalue weighted by Gasteiger charge is -2.29. The molecule has 6 nitrogen and oxygen atoms in total. The maximum Gasteiger partial charge on any atom is 0.242 e. The summed E-state index contributed by atoms with van der Waals surface area (Å²) in [5.74, 6) is 1.51. The number of rotatable bonds is 8. The van der Waals surface area contributed by atoms with E-state index in [1.165, 1.54) is 22.5 Å². The van der Waals surface area contributed by atoms with Gasteiger partial charge in [0.15, 0.2) is 11.5 Å². The van der Waals surface area contributed by atoms with E-state index < -0.39 is 10.0 Å². The number of nitrogens with zero attached hydrogens (tertiary/aromatic N) is 1. The van der Waals surface area contributed by atoms with Gasteiger partial charge in [0.1, 0.15) is 4.90 Å². The van der Waals surface area contributed by atoms with E-state index in [0.717, 1.165) is 54.1 Å². The molecule has 1 aliphatic rings. The number of nitrogens with one attached hydrogen (secondary N) is 1. The Morgan fingerprint density at radius 2 is 1.76 bits per heavy atom. The Morgan fingerprint density at radius 3 is 2.45 bits per heavy atom. The Balaban J connectivity index is 0.00000141. The fourth-order valence-corrected chi connectivity index (χ4v) is 6.46. The fraction of sp³-hybridized carbons (Fsp3) is 0.417. The zero-order valence-corrected chi connectivity index (χ0v) is 22.0. The van der Waals surface area contributed by atoms with Crippen LogP contribution in [0.25, 0.3) is 10.1 Å². The zero-order valence-electron chi connectivity index (χ0n) is 19.6. The van der Waals surface area contributed by atoms with E-state index >= 15 is 0 Å². The molecule has 1 aliphatic heterocycles. The molecule has 0 saturated heterocycles. The third-order valence-corrected chi connectivity index (χ3v) is 8.09. The first kappa shape index (κ1) is 27.4. The van der Waals surface area contributed by atoms with Crippen LogP contribution >= 0.6 is 23.7 Å². The van der Waals surface area contributed by atoms with E-state index in [1.54, 1.807) is 19.6 Å². The molecule has 4 rings (SSSR count). The highest BCUT2D eigenvalue weighted by atomic mass is 35.5. The predicted molar refractivity (Wildman–Crippen MR) is 141 cm³/mol. The van der Waals surface area contributed by atoms with Crippen LogP contribution < -0.4 is 14.2 Å². The summed E-state index contributed by atoms with van der Waals surface area (Å²) in [5.41, 5.74) is 2.53. The minimum atomic E-state index is -3.50. The number of fused-ring (bicyclic) bond motifs is 2. The van der Waals surface area contributed by atoms with Crippen molar-refractivity contribution in [2.24, 2.45) is 0 Å². The van der Waals surface area contributed by atoms with Crippen LogP contribution in [-0.2, 0) is 23.0 Å². The highest BCUT2D eigenvalue weighted by molar-refractivity contribution is 7.90. The number of hydrogen-bond donors (Lipinski definition) is 1. The molecule has 2 aromatic carbocycles. The highest BCUT2D eigenvalue weighted by Gasteiger charge is 2.21. The summed E-state index contributed by atoms with van der Waals surface area (Å²) >= 11 is 1.46. The lowest BCUT2D eigenvalue weighted by molar-refractivity contribution is 0.250. The van der Waals surface area contributed by atoms with Gasteiger partial charge in [-0.05, 0) is 48.7 Å². The topological polar surface area (TPSA) is 67.9 Å². The van der Waals surface area contributed by atoms with Crippen LogP contribution in [0.15, 0.2) is 46.7 Å². The van der Waals surface area contributed by atoms with Gasteiger partial charge in [-0.15, -0.1) is 23.7 Å². The van der Waals surface area contributed by atoms with E-state index in [1.807, 2.05) is 44.2 Å². The highest BCUT2D eigenvalue weighted by Crippen LogP contribution is 2.33. The number of thiophene rings is 1. The van der Waals surface area contributed by atoms with E-state index in [-0.39, 0.29) is 13.8 Å². The van der Waals surface area contributed by atoms with Gasteiger partial charge in [0, 0.05) is 36.5 Å². The van der Waals surface area contributed by atoms with Crippen LogP contribution in [0.2, 0.25) is 0 Å². The SMILES string of the molecule is CC.COc1cc2c(cc1OC)CN(CCCNS(=O)(=O)c1csc3ccccc13)CC2.Cl.[HH]. The summed E-state index contributed by atoms with van der Waals surface area (Å²) in [6.07, 6.45) is 1.70. The van der Waals surface area contributed by atoms with Gasteiger partial charge < -0.3 is 9.47 Å². The first-order chi connectivity index (χ1) is 15.5. The van der Waals surface area contributed by atoms with Crippen LogP contribution in [0.3, 0.4) is 0 Å². The molecule has 0 saturated carbocycles. The molecule has 0 fully saturated rings. The standard InChI is InChI=1S/C22H26N2O4S2.C2H6.ClH.H2/c1-27-19-12-16-8-11-24(14-17(16)13-20(19)28-2)10-5-9-23-30(25,26)22-15-29-21-7-4-3-6-18(21)22;1-2;;/h3-4,6-7,12-13,15,23H,5,8-11,14H2,1-2H3;1-2H3;2*1H. The number of ether oxygens (including phenoxy) is 2. The second-order valence-electron chi connectivity index (χ2n) is 7.35. The normalized spacial score (nSPS) is 13.5. The van der Waals surface area contributed by atoms with E-state index in [9.17, 15) is 8.42 Å².